The van der Waals surface area contributed by atoms with E-state index < -0.39 is 18.8 Å². The van der Waals surface area contributed by atoms with Crippen molar-refractivity contribution in [2.45, 2.75) is 26.6 Å². The van der Waals surface area contributed by atoms with Gasteiger partial charge in [0.25, 0.3) is 0 Å². The van der Waals surface area contributed by atoms with Crippen molar-refractivity contribution in [1.29, 1.82) is 0 Å². The number of hydrogen-bond donors (Lipinski definition) is 2. The molecule has 1 unspecified atom stereocenters. The smallest absolute Gasteiger partial charge is 0.323 e. The lowest BCUT2D eigenvalue weighted by molar-refractivity contribution is 0.182. The third kappa shape index (κ3) is 3.23. The molecule has 0 radical (unpaired) electrons. The molecule has 0 fully saturated rings. The van der Waals surface area contributed by atoms with Crippen LogP contribution in [0.15, 0.2) is 0 Å². The van der Waals surface area contributed by atoms with Crippen molar-refractivity contribution in [1.82, 2.24) is 4.90 Å². The highest BCUT2D eigenvalue weighted by molar-refractivity contribution is 7.52. The fourth-order valence-electron chi connectivity index (χ4n) is 1.58. The summed E-state index contributed by atoms with van der Waals surface area (Å²) in [6.07, 6.45) is 0. The van der Waals surface area contributed by atoms with Gasteiger partial charge in [-0.15, -0.1) is 0 Å². The maximum absolute atomic E-state index is 11.1. The molecule has 1 atom stereocenters. The molecule has 0 bridgehead atoms. The van der Waals surface area contributed by atoms with Gasteiger partial charge in [0.05, 0.1) is 0 Å². The summed E-state index contributed by atoms with van der Waals surface area (Å²) in [5.41, 5.74) is -0.414. The van der Waals surface area contributed by atoms with E-state index >= 15 is 0 Å². The molecule has 0 spiro atoms. The second-order valence-corrected chi connectivity index (χ2v) is 5.96. The van der Waals surface area contributed by atoms with E-state index in [4.69, 9.17) is 9.79 Å². The van der Waals surface area contributed by atoms with E-state index in [1.165, 1.54) is 0 Å². The average Bonchev–Trinajstić information content (AvgIpc) is 1.49. The quantitative estimate of drug-likeness (QED) is 0.648. The fraction of sp³-hybridized carbons (Fsp3) is 1.00. The van der Waals surface area contributed by atoms with Crippen LogP contribution in [0.25, 0.3) is 0 Å². The Morgan fingerprint density at radius 2 is 1.58 bits per heavy atom. The monoisotopic (exact) mass is 195 g/mol. The van der Waals surface area contributed by atoms with E-state index in [0.717, 1.165) is 0 Å². The SMILES string of the molecule is CN(C)C(C(C)(C)C)P(=O)(O)O. The van der Waals surface area contributed by atoms with Gasteiger partial charge in [-0.2, -0.15) is 0 Å². The first-order valence-electron chi connectivity index (χ1n) is 3.78. The van der Waals surface area contributed by atoms with Gasteiger partial charge in [-0.1, -0.05) is 20.8 Å². The topological polar surface area (TPSA) is 60.8 Å². The summed E-state index contributed by atoms with van der Waals surface area (Å²) in [6, 6.07) is 0. The summed E-state index contributed by atoms with van der Waals surface area (Å²) in [5.74, 6) is -0.718. The average molecular weight is 195 g/mol. The zero-order valence-corrected chi connectivity index (χ0v) is 9.17. The number of rotatable bonds is 2. The van der Waals surface area contributed by atoms with Crippen LogP contribution >= 0.6 is 7.60 Å². The summed E-state index contributed by atoms with van der Waals surface area (Å²) in [7, 11) is -0.676. The van der Waals surface area contributed by atoms with E-state index in [0.29, 0.717) is 0 Å². The Morgan fingerprint density at radius 3 is 1.58 bits per heavy atom. The standard InChI is InChI=1S/C7H18NO3P/c1-7(2,3)6(8(4)5)12(9,10)11/h6H,1-5H3,(H2,9,10,11). The highest BCUT2D eigenvalue weighted by Crippen LogP contribution is 2.50. The van der Waals surface area contributed by atoms with Crippen LogP contribution in [0.5, 0.6) is 0 Å². The molecule has 4 nitrogen and oxygen atoms in total. The zero-order valence-electron chi connectivity index (χ0n) is 8.27. The molecule has 0 aromatic heterocycles. The van der Waals surface area contributed by atoms with Gasteiger partial charge in [0.2, 0.25) is 0 Å². The predicted octanol–water partition coefficient (Wildman–Crippen LogP) is 1.10. The molecule has 0 heterocycles. The molecule has 0 aromatic carbocycles. The van der Waals surface area contributed by atoms with Crippen molar-refractivity contribution in [3.63, 3.8) is 0 Å². The van der Waals surface area contributed by atoms with Gasteiger partial charge < -0.3 is 9.79 Å². The molecule has 0 aliphatic rings. The van der Waals surface area contributed by atoms with E-state index in [-0.39, 0.29) is 0 Å². The van der Waals surface area contributed by atoms with E-state index in [1.54, 1.807) is 19.0 Å². The summed E-state index contributed by atoms with van der Waals surface area (Å²) < 4.78 is 11.1. The first-order valence-corrected chi connectivity index (χ1v) is 5.46. The van der Waals surface area contributed by atoms with Gasteiger partial charge in [-0.05, 0) is 19.5 Å². The van der Waals surface area contributed by atoms with Crippen LogP contribution < -0.4 is 0 Å². The normalized spacial score (nSPS) is 16.7. The summed E-state index contributed by atoms with van der Waals surface area (Å²) in [6.45, 7) is 5.45. The zero-order chi connectivity index (χ0) is 10.2. The van der Waals surface area contributed by atoms with Crippen molar-refractivity contribution >= 4 is 7.60 Å². The van der Waals surface area contributed by atoms with Crippen LogP contribution in [-0.2, 0) is 4.57 Å². The molecule has 12 heavy (non-hydrogen) atoms. The molecule has 0 aromatic rings. The number of nitrogens with zero attached hydrogens (tertiary/aromatic N) is 1. The maximum Gasteiger partial charge on any atom is 0.343 e. The van der Waals surface area contributed by atoms with Crippen LogP contribution in [0, 0.1) is 5.41 Å². The minimum Gasteiger partial charge on any atom is -0.323 e. The third-order valence-corrected chi connectivity index (χ3v) is 3.46. The Bertz CT molecular complexity index is 191. The minimum atomic E-state index is -4.03. The predicted molar refractivity (Wildman–Crippen MR) is 49.0 cm³/mol. The van der Waals surface area contributed by atoms with Crippen LogP contribution in [0.2, 0.25) is 0 Å². The van der Waals surface area contributed by atoms with Crippen LogP contribution in [0.4, 0.5) is 0 Å². The van der Waals surface area contributed by atoms with Crippen molar-refractivity contribution in [2.75, 3.05) is 14.1 Å². The summed E-state index contributed by atoms with van der Waals surface area (Å²) in [4.78, 5) is 19.7. The molecule has 5 heteroatoms. The van der Waals surface area contributed by atoms with Crippen LogP contribution in [-0.4, -0.2) is 34.6 Å². The fourth-order valence-corrected chi connectivity index (χ4v) is 3.19. The molecule has 0 amide bonds. The minimum absolute atomic E-state index is 0.414. The van der Waals surface area contributed by atoms with Crippen molar-refractivity contribution in [3.05, 3.63) is 0 Å². The molecule has 2 N–H and O–H groups in total. The van der Waals surface area contributed by atoms with Gasteiger partial charge in [0.15, 0.2) is 0 Å². The van der Waals surface area contributed by atoms with Gasteiger partial charge in [-0.25, -0.2) is 0 Å². The lowest BCUT2D eigenvalue weighted by Crippen LogP contribution is -2.39. The molecular weight excluding hydrogens is 177 g/mol. The van der Waals surface area contributed by atoms with E-state index in [2.05, 4.69) is 0 Å². The van der Waals surface area contributed by atoms with Crippen molar-refractivity contribution < 1.29 is 14.4 Å². The molecule has 0 saturated carbocycles. The van der Waals surface area contributed by atoms with Gasteiger partial charge in [0, 0.05) is 0 Å². The summed E-state index contributed by atoms with van der Waals surface area (Å²) >= 11 is 0. The Balaban J connectivity index is 4.83. The molecule has 0 rings (SSSR count). The second kappa shape index (κ2) is 3.46. The Hall–Kier alpha value is 0.110. The Labute approximate surface area is 73.7 Å². The van der Waals surface area contributed by atoms with Crippen LogP contribution in [0.1, 0.15) is 20.8 Å². The highest BCUT2D eigenvalue weighted by atomic mass is 31.2. The van der Waals surface area contributed by atoms with E-state index in [1.807, 2.05) is 20.8 Å². The van der Waals surface area contributed by atoms with Gasteiger partial charge >= 0.3 is 7.60 Å². The largest absolute Gasteiger partial charge is 0.343 e. The molecule has 0 saturated heterocycles. The second-order valence-electron chi connectivity index (χ2n) is 4.29. The van der Waals surface area contributed by atoms with E-state index in [9.17, 15) is 4.57 Å². The lowest BCUT2D eigenvalue weighted by atomic mass is 9.96. The van der Waals surface area contributed by atoms with Gasteiger partial charge in [0.1, 0.15) is 5.78 Å². The molecule has 74 valence electrons. The third-order valence-electron chi connectivity index (χ3n) is 1.58. The maximum atomic E-state index is 11.1. The Kier molecular flexibility index (Phi) is 3.49. The van der Waals surface area contributed by atoms with Crippen molar-refractivity contribution in [3.8, 4) is 0 Å². The van der Waals surface area contributed by atoms with Crippen molar-refractivity contribution in [2.24, 2.45) is 5.41 Å². The molecular formula is C7H18NO3P. The first kappa shape index (κ1) is 12.1. The lowest BCUT2D eigenvalue weighted by Gasteiger charge is -2.35. The molecule has 0 aliphatic carbocycles. The summed E-state index contributed by atoms with van der Waals surface area (Å²) in [5, 5.41) is 0. The highest BCUT2D eigenvalue weighted by Gasteiger charge is 2.40. The first-order chi connectivity index (χ1) is 5.07. The molecule has 0 aliphatic heterocycles. The van der Waals surface area contributed by atoms with Gasteiger partial charge in [-0.3, -0.25) is 9.46 Å². The number of hydrogen-bond acceptors (Lipinski definition) is 2. The Morgan fingerprint density at radius 1 is 1.25 bits per heavy atom. The van der Waals surface area contributed by atoms with Crippen LogP contribution in [0.3, 0.4) is 0 Å².